The molecule has 3 rings (SSSR count). The highest BCUT2D eigenvalue weighted by Gasteiger charge is 2.25. The number of amides is 1. The minimum absolute atomic E-state index is 0.114. The average Bonchev–Trinajstić information content (AvgIpc) is 2.62. The van der Waals surface area contributed by atoms with Crippen LogP contribution in [0.15, 0.2) is 54.9 Å². The molecule has 114 valence electrons. The summed E-state index contributed by atoms with van der Waals surface area (Å²) in [6.07, 6.45) is 5.34. The monoisotopic (exact) mass is 295 g/mol. The number of anilines is 1. The number of carbonyl (C=O) groups excluding carboxylic acids is 1. The molecule has 1 aliphatic rings. The Kier molecular flexibility index (Phi) is 4.37. The maximum absolute atomic E-state index is 12.4. The van der Waals surface area contributed by atoms with E-state index in [-0.39, 0.29) is 5.91 Å². The van der Waals surface area contributed by atoms with E-state index in [0.717, 1.165) is 31.5 Å². The third kappa shape index (κ3) is 3.11. The van der Waals surface area contributed by atoms with Gasteiger partial charge >= 0.3 is 0 Å². The lowest BCUT2D eigenvalue weighted by molar-refractivity contribution is 0.0713. The zero-order chi connectivity index (χ0) is 15.4. The fourth-order valence-electron chi connectivity index (χ4n) is 3.01. The second-order valence-corrected chi connectivity index (χ2v) is 5.71. The van der Waals surface area contributed by atoms with Gasteiger partial charge in [-0.3, -0.25) is 9.78 Å². The highest BCUT2D eigenvalue weighted by Crippen LogP contribution is 2.22. The molecule has 1 amide bonds. The van der Waals surface area contributed by atoms with E-state index in [1.54, 1.807) is 24.5 Å². The molecule has 2 aromatic rings. The molecular weight excluding hydrogens is 274 g/mol. The number of nitrogens with zero attached hydrogens (tertiary/aromatic N) is 3. The van der Waals surface area contributed by atoms with Crippen LogP contribution in [0.1, 0.15) is 23.2 Å². The molecule has 0 unspecified atom stereocenters. The first kappa shape index (κ1) is 14.6. The molecule has 0 spiro atoms. The lowest BCUT2D eigenvalue weighted by atomic mass is 10.0. The summed E-state index contributed by atoms with van der Waals surface area (Å²) in [4.78, 5) is 20.7. The minimum Gasteiger partial charge on any atom is -0.371 e. The van der Waals surface area contributed by atoms with Crippen molar-refractivity contribution < 1.29 is 4.79 Å². The van der Waals surface area contributed by atoms with Crippen molar-refractivity contribution in [3.05, 3.63) is 60.4 Å². The molecule has 22 heavy (non-hydrogen) atoms. The molecule has 1 fully saturated rings. The number of rotatable bonds is 3. The van der Waals surface area contributed by atoms with Gasteiger partial charge in [0, 0.05) is 49.8 Å². The molecule has 0 saturated carbocycles. The molecule has 0 aliphatic carbocycles. The van der Waals surface area contributed by atoms with Gasteiger partial charge in [0.05, 0.1) is 0 Å². The van der Waals surface area contributed by atoms with Gasteiger partial charge in [-0.2, -0.15) is 0 Å². The van der Waals surface area contributed by atoms with Crippen molar-refractivity contribution in [2.24, 2.45) is 0 Å². The number of pyridine rings is 1. The van der Waals surface area contributed by atoms with Crippen molar-refractivity contribution in [1.82, 2.24) is 9.88 Å². The van der Waals surface area contributed by atoms with E-state index >= 15 is 0 Å². The fraction of sp³-hybridized carbons (Fsp3) is 0.333. The smallest absolute Gasteiger partial charge is 0.253 e. The van der Waals surface area contributed by atoms with Crippen LogP contribution >= 0.6 is 0 Å². The lowest BCUT2D eigenvalue weighted by Gasteiger charge is -2.37. The van der Waals surface area contributed by atoms with Gasteiger partial charge < -0.3 is 9.80 Å². The summed E-state index contributed by atoms with van der Waals surface area (Å²) in [6, 6.07) is 14.5. The number of piperidine rings is 1. The first-order chi connectivity index (χ1) is 10.8. The van der Waals surface area contributed by atoms with Crippen LogP contribution in [0.4, 0.5) is 5.69 Å². The molecule has 4 nitrogen and oxygen atoms in total. The van der Waals surface area contributed by atoms with E-state index in [4.69, 9.17) is 0 Å². The number of benzene rings is 1. The van der Waals surface area contributed by atoms with E-state index in [9.17, 15) is 4.79 Å². The van der Waals surface area contributed by atoms with Gasteiger partial charge in [0.2, 0.25) is 0 Å². The molecule has 2 heterocycles. The van der Waals surface area contributed by atoms with Crippen molar-refractivity contribution in [1.29, 1.82) is 0 Å². The Labute approximate surface area is 131 Å². The van der Waals surface area contributed by atoms with Gasteiger partial charge in [-0.05, 0) is 37.1 Å². The van der Waals surface area contributed by atoms with Crippen molar-refractivity contribution in [3.8, 4) is 0 Å². The average molecular weight is 295 g/mol. The van der Waals surface area contributed by atoms with Gasteiger partial charge in [-0.25, -0.2) is 0 Å². The summed E-state index contributed by atoms with van der Waals surface area (Å²) >= 11 is 0. The summed E-state index contributed by atoms with van der Waals surface area (Å²) in [6.45, 7) is 1.62. The van der Waals surface area contributed by atoms with Crippen molar-refractivity contribution >= 4 is 11.6 Å². The number of aromatic nitrogens is 1. The van der Waals surface area contributed by atoms with Crippen molar-refractivity contribution in [2.75, 3.05) is 25.0 Å². The maximum atomic E-state index is 12.4. The standard InChI is InChI=1S/C18H21N3O/c1-20(16-5-3-2-4-6-16)17-9-13-21(14-10-17)18(22)15-7-11-19-12-8-15/h2-8,11-12,17H,9-10,13-14H2,1H3. The number of likely N-dealkylation sites (tertiary alicyclic amines) is 1. The van der Waals surface area contributed by atoms with E-state index in [1.807, 2.05) is 11.0 Å². The zero-order valence-corrected chi connectivity index (χ0v) is 12.9. The van der Waals surface area contributed by atoms with Gasteiger partial charge in [-0.15, -0.1) is 0 Å². The third-order valence-corrected chi connectivity index (χ3v) is 4.39. The van der Waals surface area contributed by atoms with Gasteiger partial charge in [0.25, 0.3) is 5.91 Å². The Hall–Kier alpha value is -2.36. The Balaban J connectivity index is 1.60. The summed E-state index contributed by atoms with van der Waals surface area (Å²) in [7, 11) is 2.14. The molecule has 1 saturated heterocycles. The molecule has 4 heteroatoms. The Morgan fingerprint density at radius 1 is 1.09 bits per heavy atom. The predicted octanol–water partition coefficient (Wildman–Crippen LogP) is 2.82. The minimum atomic E-state index is 0.114. The SMILES string of the molecule is CN(c1ccccc1)C1CCN(C(=O)c2ccncc2)CC1. The zero-order valence-electron chi connectivity index (χ0n) is 12.9. The van der Waals surface area contributed by atoms with Crippen LogP contribution in [0.25, 0.3) is 0 Å². The predicted molar refractivity (Wildman–Crippen MR) is 88.0 cm³/mol. The van der Waals surface area contributed by atoms with Crippen molar-refractivity contribution in [3.63, 3.8) is 0 Å². The molecule has 0 radical (unpaired) electrons. The maximum Gasteiger partial charge on any atom is 0.253 e. The largest absolute Gasteiger partial charge is 0.371 e. The highest BCUT2D eigenvalue weighted by molar-refractivity contribution is 5.94. The Bertz CT molecular complexity index is 607. The van der Waals surface area contributed by atoms with E-state index in [1.165, 1.54) is 5.69 Å². The van der Waals surface area contributed by atoms with Crippen LogP contribution in [0.2, 0.25) is 0 Å². The molecule has 1 aromatic carbocycles. The summed E-state index contributed by atoms with van der Waals surface area (Å²) in [5, 5.41) is 0. The van der Waals surface area contributed by atoms with Crippen LogP contribution in [0.3, 0.4) is 0 Å². The summed E-state index contributed by atoms with van der Waals surface area (Å²) < 4.78 is 0. The topological polar surface area (TPSA) is 36.4 Å². The summed E-state index contributed by atoms with van der Waals surface area (Å²) in [5.74, 6) is 0.114. The molecule has 0 bridgehead atoms. The quantitative estimate of drug-likeness (QED) is 0.873. The lowest BCUT2D eigenvalue weighted by Crippen LogP contribution is -2.45. The third-order valence-electron chi connectivity index (χ3n) is 4.39. The van der Waals surface area contributed by atoms with Gasteiger partial charge in [-0.1, -0.05) is 18.2 Å². The number of para-hydroxylation sites is 1. The summed E-state index contributed by atoms with van der Waals surface area (Å²) in [5.41, 5.74) is 1.96. The van der Waals surface area contributed by atoms with E-state index in [0.29, 0.717) is 6.04 Å². The number of hydrogen-bond acceptors (Lipinski definition) is 3. The van der Waals surface area contributed by atoms with Gasteiger partial charge in [0.1, 0.15) is 0 Å². The van der Waals surface area contributed by atoms with Crippen LogP contribution in [-0.4, -0.2) is 42.0 Å². The number of carbonyl (C=O) groups is 1. The number of hydrogen-bond donors (Lipinski definition) is 0. The van der Waals surface area contributed by atoms with Gasteiger partial charge in [0.15, 0.2) is 0 Å². The Morgan fingerprint density at radius 3 is 2.36 bits per heavy atom. The molecular formula is C18H21N3O. The highest BCUT2D eigenvalue weighted by atomic mass is 16.2. The van der Waals surface area contributed by atoms with Crippen LogP contribution < -0.4 is 4.90 Å². The Morgan fingerprint density at radius 2 is 1.73 bits per heavy atom. The van der Waals surface area contributed by atoms with Crippen LogP contribution in [0, 0.1) is 0 Å². The molecule has 0 atom stereocenters. The van der Waals surface area contributed by atoms with E-state index in [2.05, 4.69) is 41.2 Å². The van der Waals surface area contributed by atoms with Crippen LogP contribution in [-0.2, 0) is 0 Å². The molecule has 1 aromatic heterocycles. The molecule has 1 aliphatic heterocycles. The van der Waals surface area contributed by atoms with Crippen molar-refractivity contribution in [2.45, 2.75) is 18.9 Å². The first-order valence-corrected chi connectivity index (χ1v) is 7.73. The van der Waals surface area contributed by atoms with Crippen LogP contribution in [0.5, 0.6) is 0 Å². The molecule has 0 N–H and O–H groups in total. The second kappa shape index (κ2) is 6.60. The second-order valence-electron chi connectivity index (χ2n) is 5.71. The normalized spacial score (nSPS) is 15.6. The fourth-order valence-corrected chi connectivity index (χ4v) is 3.01. The first-order valence-electron chi connectivity index (χ1n) is 7.73. The van der Waals surface area contributed by atoms with E-state index < -0.39 is 0 Å².